The third-order valence-electron chi connectivity index (χ3n) is 4.06. The van der Waals surface area contributed by atoms with Crippen LogP contribution in [0.15, 0.2) is 42.6 Å². The van der Waals surface area contributed by atoms with Gasteiger partial charge in [-0.3, -0.25) is 4.79 Å². The van der Waals surface area contributed by atoms with Crippen LogP contribution in [0.1, 0.15) is 35.8 Å². The zero-order valence-corrected chi connectivity index (χ0v) is 15.6. The summed E-state index contributed by atoms with van der Waals surface area (Å²) in [6.45, 7) is 3.81. The van der Waals surface area contributed by atoms with Gasteiger partial charge in [-0.15, -0.1) is 0 Å². The normalized spacial score (nSPS) is 18.2. The highest BCUT2D eigenvalue weighted by molar-refractivity contribution is 5.95. The van der Waals surface area contributed by atoms with Gasteiger partial charge < -0.3 is 19.9 Å². The molecule has 0 aliphatic carbocycles. The average Bonchev–Trinajstić information content (AvgIpc) is 3.11. The van der Waals surface area contributed by atoms with Crippen LogP contribution in [0.2, 0.25) is 0 Å². The molecule has 0 radical (unpaired) electrons. The molecule has 27 heavy (non-hydrogen) atoms. The topological polar surface area (TPSA) is 97.8 Å². The molecule has 2 atom stereocenters. The van der Waals surface area contributed by atoms with Crippen LogP contribution in [-0.2, 0) is 14.3 Å². The Morgan fingerprint density at radius 3 is 2.56 bits per heavy atom. The Labute approximate surface area is 158 Å². The van der Waals surface area contributed by atoms with Gasteiger partial charge >= 0.3 is 5.97 Å². The van der Waals surface area contributed by atoms with Crippen molar-refractivity contribution in [2.24, 2.45) is 0 Å². The molecule has 1 saturated heterocycles. The van der Waals surface area contributed by atoms with Crippen molar-refractivity contribution in [3.8, 4) is 5.75 Å². The molecule has 2 N–H and O–H groups in total. The lowest BCUT2D eigenvalue weighted by molar-refractivity contribution is -0.126. The van der Waals surface area contributed by atoms with Gasteiger partial charge in [-0.2, -0.15) is 0 Å². The van der Waals surface area contributed by atoms with E-state index in [2.05, 4.69) is 15.0 Å². The summed E-state index contributed by atoms with van der Waals surface area (Å²) in [6.07, 6.45) is 2.72. The standard InChI is InChI=1S/C13H16N2O4.C7H8O/c1-8-3-4-11(19-8)12(16)15-9-5-6-14-10(7-9)13(17)18-2;1-6-4-2-3-5-7(6)8/h5-8,11H,3-4H2,1-2H3,(H,14,15,16);2-5,8H,1H3. The van der Waals surface area contributed by atoms with Crippen LogP contribution in [-0.4, -0.2) is 41.3 Å². The Bertz CT molecular complexity index is 772. The first-order valence-corrected chi connectivity index (χ1v) is 8.66. The summed E-state index contributed by atoms with van der Waals surface area (Å²) >= 11 is 0. The first-order chi connectivity index (χ1) is 12.9. The van der Waals surface area contributed by atoms with E-state index in [-0.39, 0.29) is 17.7 Å². The number of anilines is 1. The van der Waals surface area contributed by atoms with Crippen LogP contribution in [0, 0.1) is 6.92 Å². The van der Waals surface area contributed by atoms with Crippen molar-refractivity contribution >= 4 is 17.6 Å². The van der Waals surface area contributed by atoms with E-state index in [1.165, 1.54) is 19.4 Å². The van der Waals surface area contributed by atoms with Crippen LogP contribution >= 0.6 is 0 Å². The number of carbonyl (C=O) groups is 2. The summed E-state index contributed by atoms with van der Waals surface area (Å²) in [6, 6.07) is 10.3. The van der Waals surface area contributed by atoms with Gasteiger partial charge in [-0.25, -0.2) is 9.78 Å². The molecule has 1 aromatic heterocycles. The third-order valence-corrected chi connectivity index (χ3v) is 4.06. The number of benzene rings is 1. The molecule has 1 fully saturated rings. The summed E-state index contributed by atoms with van der Waals surface area (Å²) < 4.78 is 10.0. The Balaban J connectivity index is 0.000000273. The maximum Gasteiger partial charge on any atom is 0.356 e. The number of esters is 1. The minimum atomic E-state index is -0.540. The summed E-state index contributed by atoms with van der Waals surface area (Å²) in [5.74, 6) is -0.374. The number of aryl methyl sites for hydroxylation is 1. The highest BCUT2D eigenvalue weighted by atomic mass is 16.5. The molecule has 1 aliphatic rings. The summed E-state index contributed by atoms with van der Waals surface area (Å²) in [5.41, 5.74) is 1.58. The second-order valence-corrected chi connectivity index (χ2v) is 6.21. The van der Waals surface area contributed by atoms with Crippen molar-refractivity contribution < 1.29 is 24.2 Å². The number of pyridine rings is 1. The van der Waals surface area contributed by atoms with E-state index in [0.717, 1.165) is 12.0 Å². The number of phenolic OH excluding ortho intramolecular Hbond substituents is 1. The first kappa shape index (κ1) is 20.4. The van der Waals surface area contributed by atoms with Gasteiger partial charge in [-0.05, 0) is 50.5 Å². The quantitative estimate of drug-likeness (QED) is 0.804. The number of nitrogens with one attached hydrogen (secondary N) is 1. The Kier molecular flexibility index (Phi) is 7.31. The lowest BCUT2D eigenvalue weighted by atomic mass is 10.2. The fraction of sp³-hybridized carbons (Fsp3) is 0.350. The highest BCUT2D eigenvalue weighted by Gasteiger charge is 2.28. The molecule has 1 amide bonds. The van der Waals surface area contributed by atoms with Crippen LogP contribution in [0.5, 0.6) is 5.75 Å². The fourth-order valence-electron chi connectivity index (χ4n) is 2.51. The van der Waals surface area contributed by atoms with E-state index in [4.69, 9.17) is 9.84 Å². The summed E-state index contributed by atoms with van der Waals surface area (Å²) in [5, 5.41) is 11.6. The average molecular weight is 372 g/mol. The minimum absolute atomic E-state index is 0.110. The number of carbonyl (C=O) groups excluding carboxylic acids is 2. The first-order valence-electron chi connectivity index (χ1n) is 8.66. The van der Waals surface area contributed by atoms with Crippen molar-refractivity contribution in [3.63, 3.8) is 0 Å². The number of amides is 1. The molecule has 0 spiro atoms. The molecule has 0 bridgehead atoms. The van der Waals surface area contributed by atoms with Gasteiger partial charge in [0.1, 0.15) is 17.5 Å². The number of ether oxygens (including phenoxy) is 2. The van der Waals surface area contributed by atoms with Crippen molar-refractivity contribution in [1.82, 2.24) is 4.98 Å². The van der Waals surface area contributed by atoms with Crippen molar-refractivity contribution in [3.05, 3.63) is 53.9 Å². The lowest BCUT2D eigenvalue weighted by Gasteiger charge is -2.11. The van der Waals surface area contributed by atoms with E-state index in [1.54, 1.807) is 12.1 Å². The van der Waals surface area contributed by atoms with Crippen LogP contribution in [0.4, 0.5) is 5.69 Å². The van der Waals surface area contributed by atoms with Gasteiger partial charge in [0.2, 0.25) is 0 Å². The highest BCUT2D eigenvalue weighted by Crippen LogP contribution is 2.20. The molecule has 2 unspecified atom stereocenters. The van der Waals surface area contributed by atoms with E-state index < -0.39 is 12.1 Å². The maximum absolute atomic E-state index is 11.9. The maximum atomic E-state index is 11.9. The Morgan fingerprint density at radius 2 is 2.00 bits per heavy atom. The van der Waals surface area contributed by atoms with Gasteiger partial charge in [0.05, 0.1) is 13.2 Å². The Hall–Kier alpha value is -2.93. The molecule has 3 rings (SSSR count). The predicted molar refractivity (Wildman–Crippen MR) is 101 cm³/mol. The Morgan fingerprint density at radius 1 is 1.26 bits per heavy atom. The van der Waals surface area contributed by atoms with Gasteiger partial charge in [0.25, 0.3) is 5.91 Å². The molecule has 1 aliphatic heterocycles. The second-order valence-electron chi connectivity index (χ2n) is 6.21. The smallest absolute Gasteiger partial charge is 0.356 e. The van der Waals surface area contributed by atoms with Gasteiger partial charge in [0.15, 0.2) is 0 Å². The molecule has 1 aromatic carbocycles. The van der Waals surface area contributed by atoms with Gasteiger partial charge in [0, 0.05) is 11.9 Å². The number of phenols is 1. The molecule has 2 aromatic rings. The third kappa shape index (κ3) is 6.07. The van der Waals surface area contributed by atoms with E-state index >= 15 is 0 Å². The molecule has 7 heteroatoms. The number of nitrogens with zero attached hydrogens (tertiary/aromatic N) is 1. The van der Waals surface area contributed by atoms with Crippen LogP contribution in [0.3, 0.4) is 0 Å². The molecule has 2 heterocycles. The number of aromatic hydroxyl groups is 1. The monoisotopic (exact) mass is 372 g/mol. The second kappa shape index (κ2) is 9.68. The lowest BCUT2D eigenvalue weighted by Crippen LogP contribution is -2.27. The van der Waals surface area contributed by atoms with E-state index in [1.807, 2.05) is 32.0 Å². The van der Waals surface area contributed by atoms with Crippen LogP contribution < -0.4 is 5.32 Å². The van der Waals surface area contributed by atoms with E-state index in [9.17, 15) is 9.59 Å². The number of hydrogen-bond acceptors (Lipinski definition) is 6. The van der Waals surface area contributed by atoms with Crippen molar-refractivity contribution in [2.75, 3.05) is 12.4 Å². The van der Waals surface area contributed by atoms with Crippen LogP contribution in [0.25, 0.3) is 0 Å². The fourth-order valence-corrected chi connectivity index (χ4v) is 2.51. The number of methoxy groups -OCH3 is 1. The number of rotatable bonds is 3. The summed E-state index contributed by atoms with van der Waals surface area (Å²) in [7, 11) is 1.28. The van der Waals surface area contributed by atoms with Gasteiger partial charge in [-0.1, -0.05) is 18.2 Å². The SMILES string of the molecule is COC(=O)c1cc(NC(=O)C2CCC(C)O2)ccn1.Cc1ccccc1O. The zero-order valence-electron chi connectivity index (χ0n) is 15.6. The number of para-hydroxylation sites is 1. The summed E-state index contributed by atoms with van der Waals surface area (Å²) in [4.78, 5) is 27.1. The molecular formula is C20H24N2O5. The molecule has 144 valence electrons. The van der Waals surface area contributed by atoms with Crippen molar-refractivity contribution in [2.45, 2.75) is 38.9 Å². The zero-order chi connectivity index (χ0) is 19.8. The molecule has 0 saturated carbocycles. The minimum Gasteiger partial charge on any atom is -0.508 e. The van der Waals surface area contributed by atoms with Crippen molar-refractivity contribution in [1.29, 1.82) is 0 Å². The molecular weight excluding hydrogens is 348 g/mol. The van der Waals surface area contributed by atoms with E-state index in [0.29, 0.717) is 17.9 Å². The number of hydrogen-bond donors (Lipinski definition) is 2. The molecule has 7 nitrogen and oxygen atoms in total. The number of aromatic nitrogens is 1. The largest absolute Gasteiger partial charge is 0.508 e. The predicted octanol–water partition coefficient (Wildman–Crippen LogP) is 3.07.